The quantitative estimate of drug-likeness (QED) is 0.778. The second kappa shape index (κ2) is 5.64. The van der Waals surface area contributed by atoms with Gasteiger partial charge in [0.2, 0.25) is 0 Å². The average Bonchev–Trinajstić information content (AvgIpc) is 2.95. The molecule has 4 aliphatic rings. The molecule has 0 aromatic rings. The van der Waals surface area contributed by atoms with E-state index in [0.29, 0.717) is 23.7 Å². The Balaban J connectivity index is 1.71. The van der Waals surface area contributed by atoms with Crippen LogP contribution in [0.2, 0.25) is 0 Å². The molecule has 0 unspecified atom stereocenters. The zero-order valence-electron chi connectivity index (χ0n) is 15.6. The van der Waals surface area contributed by atoms with Crippen LogP contribution >= 0.6 is 0 Å². The number of aldehydes is 1. The van der Waals surface area contributed by atoms with E-state index in [1.165, 1.54) is 5.57 Å². The molecule has 0 heterocycles. The van der Waals surface area contributed by atoms with Gasteiger partial charge in [-0.05, 0) is 67.9 Å². The Labute approximate surface area is 150 Å². The highest BCUT2D eigenvalue weighted by molar-refractivity contribution is 6.01. The summed E-state index contributed by atoms with van der Waals surface area (Å²) in [5, 5.41) is 11.2. The molecule has 3 nitrogen and oxygen atoms in total. The zero-order valence-corrected chi connectivity index (χ0v) is 15.6. The predicted octanol–water partition coefficient (Wildman–Crippen LogP) is 3.72. The fourth-order valence-electron chi connectivity index (χ4n) is 7.15. The van der Waals surface area contributed by atoms with Gasteiger partial charge in [0, 0.05) is 16.7 Å². The van der Waals surface area contributed by atoms with Crippen LogP contribution in [0.15, 0.2) is 23.8 Å². The largest absolute Gasteiger partial charge is 0.393 e. The highest BCUT2D eigenvalue weighted by atomic mass is 16.3. The highest BCUT2D eigenvalue weighted by Gasteiger charge is 2.62. The molecule has 136 valence electrons. The first-order chi connectivity index (χ1) is 11.8. The van der Waals surface area contributed by atoms with Gasteiger partial charge in [0.1, 0.15) is 6.29 Å². The minimum Gasteiger partial charge on any atom is -0.393 e. The van der Waals surface area contributed by atoms with Crippen molar-refractivity contribution in [3.8, 4) is 0 Å². The van der Waals surface area contributed by atoms with Crippen molar-refractivity contribution in [1.29, 1.82) is 0 Å². The maximum Gasteiger partial charge on any atom is 0.178 e. The van der Waals surface area contributed by atoms with Crippen LogP contribution < -0.4 is 0 Å². The summed E-state index contributed by atoms with van der Waals surface area (Å²) in [5.74, 6) is 1.88. The third kappa shape index (κ3) is 2.21. The van der Waals surface area contributed by atoms with Gasteiger partial charge in [0.25, 0.3) is 0 Å². The molecule has 0 bridgehead atoms. The first-order valence-electron chi connectivity index (χ1n) is 9.90. The van der Waals surface area contributed by atoms with Crippen molar-refractivity contribution < 1.29 is 14.7 Å². The van der Waals surface area contributed by atoms with Crippen LogP contribution in [0.4, 0.5) is 0 Å². The number of hydrogen-bond acceptors (Lipinski definition) is 3. The van der Waals surface area contributed by atoms with E-state index in [9.17, 15) is 14.7 Å². The summed E-state index contributed by atoms with van der Waals surface area (Å²) in [7, 11) is 0. The Morgan fingerprint density at radius 1 is 1.24 bits per heavy atom. The molecule has 25 heavy (non-hydrogen) atoms. The van der Waals surface area contributed by atoms with Crippen LogP contribution in [0.5, 0.6) is 0 Å². The molecule has 4 rings (SSSR count). The number of hydrogen-bond donors (Lipinski definition) is 1. The summed E-state index contributed by atoms with van der Waals surface area (Å²) < 4.78 is 0. The molecule has 0 amide bonds. The lowest BCUT2D eigenvalue weighted by Crippen LogP contribution is -2.56. The number of carbonyl (C=O) groups is 2. The van der Waals surface area contributed by atoms with Crippen molar-refractivity contribution >= 4 is 12.1 Å². The molecule has 0 saturated heterocycles. The van der Waals surface area contributed by atoms with Crippen molar-refractivity contribution in [1.82, 2.24) is 0 Å². The molecule has 0 aromatic heterocycles. The van der Waals surface area contributed by atoms with Crippen LogP contribution in [0.3, 0.4) is 0 Å². The van der Waals surface area contributed by atoms with Gasteiger partial charge in [-0.25, -0.2) is 0 Å². The predicted molar refractivity (Wildman–Crippen MR) is 96.7 cm³/mol. The Bertz CT molecular complexity index is 662. The second-order valence-corrected chi connectivity index (χ2v) is 9.40. The van der Waals surface area contributed by atoms with Gasteiger partial charge in [0.05, 0.1) is 6.10 Å². The van der Waals surface area contributed by atoms with Gasteiger partial charge < -0.3 is 9.90 Å². The van der Waals surface area contributed by atoms with Gasteiger partial charge in [0.15, 0.2) is 5.78 Å². The highest BCUT2D eigenvalue weighted by Crippen LogP contribution is 2.66. The Morgan fingerprint density at radius 2 is 2.00 bits per heavy atom. The molecule has 1 N–H and O–H groups in total. The lowest BCUT2D eigenvalue weighted by molar-refractivity contribution is -0.136. The number of fused-ring (bicyclic) bond motifs is 5. The van der Waals surface area contributed by atoms with Crippen molar-refractivity contribution in [3.05, 3.63) is 23.8 Å². The van der Waals surface area contributed by atoms with Gasteiger partial charge in [-0.15, -0.1) is 0 Å². The van der Waals surface area contributed by atoms with E-state index >= 15 is 0 Å². The SMILES string of the molecule is C[C@H](C=O)[C@H]1CC[C@H]2[C@@H]3CCC4=CC(=O)C=C[C@]4(C)[C@H]3C[C@H](O)[C@]12C. The second-order valence-electron chi connectivity index (χ2n) is 9.40. The summed E-state index contributed by atoms with van der Waals surface area (Å²) in [5.41, 5.74) is 1.02. The van der Waals surface area contributed by atoms with Gasteiger partial charge in [-0.2, -0.15) is 0 Å². The smallest absolute Gasteiger partial charge is 0.178 e. The molecule has 0 spiro atoms. The lowest BCUT2D eigenvalue weighted by Gasteiger charge is -2.59. The number of carbonyl (C=O) groups excluding carboxylic acids is 2. The maximum atomic E-state index is 11.8. The molecular formula is C22H30O3. The van der Waals surface area contributed by atoms with Crippen molar-refractivity contribution in [2.24, 2.45) is 40.4 Å². The third-order valence-electron chi connectivity index (χ3n) is 8.58. The molecular weight excluding hydrogens is 312 g/mol. The van der Waals surface area contributed by atoms with Crippen LogP contribution in [0.25, 0.3) is 0 Å². The third-order valence-corrected chi connectivity index (χ3v) is 8.58. The standard InChI is InChI=1S/C22H30O3/c1-13(12-23)17-6-7-18-16-5-4-14-10-15(24)8-9-21(14,2)19(16)11-20(25)22(17,18)3/h8-10,12-13,16-20,25H,4-7,11H2,1-3H3/t13-,16+,17-,18+,19+,20+,21+,22-/m1/s1. The van der Waals surface area contributed by atoms with E-state index in [1.54, 1.807) is 6.08 Å². The van der Waals surface area contributed by atoms with Crippen LogP contribution in [0.1, 0.15) is 52.9 Å². The summed E-state index contributed by atoms with van der Waals surface area (Å²) in [6.45, 7) is 6.52. The minimum absolute atomic E-state index is 0.0167. The van der Waals surface area contributed by atoms with Crippen molar-refractivity contribution in [2.45, 2.75) is 59.0 Å². The summed E-state index contributed by atoms with van der Waals surface area (Å²) >= 11 is 0. The summed E-state index contributed by atoms with van der Waals surface area (Å²) in [6, 6.07) is 0. The molecule has 3 heteroatoms. The maximum absolute atomic E-state index is 11.8. The van der Waals surface area contributed by atoms with Gasteiger partial charge in [-0.3, -0.25) is 4.79 Å². The number of aliphatic hydroxyl groups excluding tert-OH is 1. The Hall–Kier alpha value is -1.22. The summed E-state index contributed by atoms with van der Waals surface area (Å²) in [4.78, 5) is 23.3. The Kier molecular flexibility index (Phi) is 3.88. The van der Waals surface area contributed by atoms with Crippen LogP contribution in [0, 0.1) is 40.4 Å². The van der Waals surface area contributed by atoms with Crippen molar-refractivity contribution in [3.63, 3.8) is 0 Å². The molecule has 0 radical (unpaired) electrons. The van der Waals surface area contributed by atoms with E-state index in [4.69, 9.17) is 0 Å². The minimum atomic E-state index is -0.365. The number of allylic oxidation sites excluding steroid dienone is 4. The number of aliphatic hydroxyl groups is 1. The van der Waals surface area contributed by atoms with E-state index < -0.39 is 0 Å². The van der Waals surface area contributed by atoms with E-state index in [2.05, 4.69) is 19.9 Å². The fourth-order valence-corrected chi connectivity index (χ4v) is 7.15. The van der Waals surface area contributed by atoms with Gasteiger partial charge >= 0.3 is 0 Å². The zero-order chi connectivity index (χ0) is 18.0. The monoisotopic (exact) mass is 342 g/mol. The van der Waals surface area contributed by atoms with E-state index in [-0.39, 0.29) is 28.6 Å². The fraction of sp³-hybridized carbons (Fsp3) is 0.727. The normalized spacial score (nSPS) is 49.7. The van der Waals surface area contributed by atoms with E-state index in [0.717, 1.165) is 38.4 Å². The average molecular weight is 342 g/mol. The topological polar surface area (TPSA) is 54.4 Å². The molecule has 0 aliphatic heterocycles. The first kappa shape index (κ1) is 17.2. The molecule has 8 atom stereocenters. The summed E-state index contributed by atoms with van der Waals surface area (Å²) in [6.07, 6.45) is 11.4. The molecule has 3 saturated carbocycles. The number of ketones is 1. The molecule has 0 aromatic carbocycles. The first-order valence-corrected chi connectivity index (χ1v) is 9.90. The van der Waals surface area contributed by atoms with Gasteiger partial charge in [-0.1, -0.05) is 32.4 Å². The van der Waals surface area contributed by atoms with Crippen LogP contribution in [-0.2, 0) is 9.59 Å². The molecule has 3 fully saturated rings. The Morgan fingerprint density at radius 3 is 2.72 bits per heavy atom. The van der Waals surface area contributed by atoms with Crippen molar-refractivity contribution in [2.75, 3.05) is 0 Å². The number of rotatable bonds is 2. The molecule has 4 aliphatic carbocycles. The lowest BCUT2D eigenvalue weighted by atomic mass is 9.46. The van der Waals surface area contributed by atoms with Crippen LogP contribution in [-0.4, -0.2) is 23.3 Å². The van der Waals surface area contributed by atoms with E-state index in [1.807, 2.05) is 13.0 Å².